The summed E-state index contributed by atoms with van der Waals surface area (Å²) < 4.78 is 5.28. The van der Waals surface area contributed by atoms with E-state index in [-0.39, 0.29) is 12.3 Å². The van der Waals surface area contributed by atoms with Gasteiger partial charge >= 0.3 is 6.09 Å². The highest BCUT2D eigenvalue weighted by molar-refractivity contribution is 7.80. The maximum Gasteiger partial charge on any atom is 0.408 e. The number of para-hydroxylation sites is 1. The van der Waals surface area contributed by atoms with Crippen LogP contribution in [0.1, 0.15) is 49.1 Å². The Labute approximate surface area is 218 Å². The lowest BCUT2D eigenvalue weighted by atomic mass is 9.96. The monoisotopic (exact) mass is 510 g/mol. The third-order valence-corrected chi connectivity index (χ3v) is 5.75. The van der Waals surface area contributed by atoms with Gasteiger partial charge in [0.25, 0.3) is 5.91 Å². The van der Waals surface area contributed by atoms with Crippen LogP contribution in [0.25, 0.3) is 0 Å². The van der Waals surface area contributed by atoms with Gasteiger partial charge in [-0.2, -0.15) is 17.9 Å². The summed E-state index contributed by atoms with van der Waals surface area (Å²) in [6.07, 6.45) is -0.792. The number of ether oxygens (including phenoxy) is 1. The predicted molar refractivity (Wildman–Crippen MR) is 143 cm³/mol. The fourth-order valence-electron chi connectivity index (χ4n) is 3.63. The Balaban J connectivity index is 2.52. The van der Waals surface area contributed by atoms with Gasteiger partial charge in [0, 0.05) is 11.4 Å². The summed E-state index contributed by atoms with van der Waals surface area (Å²) in [6.45, 7) is 10.3. The number of hydrogen-bond acceptors (Lipinski definition) is 6. The number of carbonyl (C=O) groups excluding carboxylic acids is 3. The van der Waals surface area contributed by atoms with Gasteiger partial charge in [0.15, 0.2) is 0 Å². The third kappa shape index (κ3) is 7.75. The molecule has 2 rings (SSSR count). The molecule has 36 heavy (non-hydrogen) atoms. The number of amides is 3. The molecule has 0 bridgehead atoms. The van der Waals surface area contributed by atoms with Crippen LogP contribution in [0.3, 0.4) is 0 Å². The largest absolute Gasteiger partial charge is 0.444 e. The first-order valence-electron chi connectivity index (χ1n) is 11.6. The summed E-state index contributed by atoms with van der Waals surface area (Å²) in [5, 5.41) is 15.0. The molecule has 0 fully saturated rings. The smallest absolute Gasteiger partial charge is 0.408 e. The van der Waals surface area contributed by atoms with Gasteiger partial charge in [0.2, 0.25) is 5.91 Å². The first-order valence-corrected chi connectivity index (χ1v) is 12.2. The molecule has 2 unspecified atom stereocenters. The van der Waals surface area contributed by atoms with Crippen molar-refractivity contribution >= 4 is 36.2 Å². The molecule has 0 saturated heterocycles. The molecule has 2 atom stereocenters. The summed E-state index contributed by atoms with van der Waals surface area (Å²) in [4.78, 5) is 41.0. The van der Waals surface area contributed by atoms with Crippen molar-refractivity contribution < 1.29 is 19.1 Å². The van der Waals surface area contributed by atoms with E-state index >= 15 is 0 Å². The standard InChI is InChI=1S/C27H34N4O4S/c1-17-11-12-18(2)20(15-17)23(24(32)29-21-10-8-7-9-19(21)3)31(14-13-28)25(33)22(16-36)30-26(34)35-27(4,5)6/h7-12,15,22-23,36H,14,16H2,1-6H3,(H,29,32)(H,30,34). The number of alkyl carbamates (subject to hydrolysis) is 1. The molecule has 0 saturated carbocycles. The normalized spacial score (nSPS) is 12.6. The maximum atomic E-state index is 13.7. The van der Waals surface area contributed by atoms with Gasteiger partial charge in [-0.3, -0.25) is 9.59 Å². The fraction of sp³-hybridized carbons (Fsp3) is 0.407. The number of rotatable bonds is 8. The Morgan fingerprint density at radius 1 is 1.08 bits per heavy atom. The molecule has 0 aromatic heterocycles. The van der Waals surface area contributed by atoms with E-state index in [1.807, 2.05) is 57.2 Å². The molecule has 0 spiro atoms. The Bertz CT molecular complexity index is 1150. The lowest BCUT2D eigenvalue weighted by molar-refractivity contribution is -0.139. The first-order chi connectivity index (χ1) is 16.9. The number of nitriles is 1. The molecule has 8 nitrogen and oxygen atoms in total. The van der Waals surface area contributed by atoms with Gasteiger partial charge in [-0.1, -0.05) is 42.0 Å². The van der Waals surface area contributed by atoms with E-state index in [2.05, 4.69) is 23.3 Å². The first kappa shape index (κ1) is 28.7. The van der Waals surface area contributed by atoms with Crippen molar-refractivity contribution in [2.75, 3.05) is 17.6 Å². The zero-order valence-electron chi connectivity index (χ0n) is 21.6. The lowest BCUT2D eigenvalue weighted by Gasteiger charge is -2.33. The Hall–Kier alpha value is -3.51. The lowest BCUT2D eigenvalue weighted by Crippen LogP contribution is -2.53. The van der Waals surface area contributed by atoms with Gasteiger partial charge in [-0.15, -0.1) is 0 Å². The highest BCUT2D eigenvalue weighted by Crippen LogP contribution is 2.28. The molecule has 0 aliphatic carbocycles. The molecule has 0 aliphatic heterocycles. The van der Waals surface area contributed by atoms with Crippen LogP contribution < -0.4 is 10.6 Å². The minimum Gasteiger partial charge on any atom is -0.444 e. The highest BCUT2D eigenvalue weighted by Gasteiger charge is 2.36. The molecule has 0 radical (unpaired) electrons. The van der Waals surface area contributed by atoms with E-state index in [0.29, 0.717) is 11.3 Å². The van der Waals surface area contributed by atoms with E-state index in [0.717, 1.165) is 16.7 Å². The molecule has 192 valence electrons. The Kier molecular flexibility index (Phi) is 9.93. The van der Waals surface area contributed by atoms with Gasteiger partial charge in [0.1, 0.15) is 24.2 Å². The van der Waals surface area contributed by atoms with Crippen LogP contribution in [0, 0.1) is 32.1 Å². The SMILES string of the molecule is Cc1ccc(C)c(C(C(=O)Nc2ccccc2C)N(CC#N)C(=O)C(CS)NC(=O)OC(C)(C)C)c1. The van der Waals surface area contributed by atoms with E-state index < -0.39 is 35.6 Å². The van der Waals surface area contributed by atoms with Gasteiger partial charge in [-0.05, 0) is 64.3 Å². The van der Waals surface area contributed by atoms with Crippen LogP contribution in [-0.2, 0) is 14.3 Å². The van der Waals surface area contributed by atoms with E-state index in [9.17, 15) is 19.6 Å². The van der Waals surface area contributed by atoms with Crippen LogP contribution >= 0.6 is 12.6 Å². The fourth-order valence-corrected chi connectivity index (χ4v) is 3.87. The zero-order valence-corrected chi connectivity index (χ0v) is 22.5. The van der Waals surface area contributed by atoms with Gasteiger partial charge in [-0.25, -0.2) is 4.79 Å². The van der Waals surface area contributed by atoms with Crippen LogP contribution in [0.2, 0.25) is 0 Å². The molecule has 2 aromatic carbocycles. The van der Waals surface area contributed by atoms with Crippen molar-refractivity contribution in [3.8, 4) is 6.07 Å². The number of carbonyl (C=O) groups is 3. The van der Waals surface area contributed by atoms with Crippen LogP contribution in [0.4, 0.5) is 10.5 Å². The molecule has 0 heterocycles. The zero-order chi connectivity index (χ0) is 27.0. The topological polar surface area (TPSA) is 112 Å². The second-order valence-corrected chi connectivity index (χ2v) is 9.94. The highest BCUT2D eigenvalue weighted by atomic mass is 32.1. The summed E-state index contributed by atoms with van der Waals surface area (Å²) >= 11 is 4.24. The number of thiol groups is 1. The van der Waals surface area contributed by atoms with Crippen molar-refractivity contribution in [3.63, 3.8) is 0 Å². The Morgan fingerprint density at radius 2 is 1.75 bits per heavy atom. The van der Waals surface area contributed by atoms with Crippen LogP contribution in [0.15, 0.2) is 42.5 Å². The number of hydrogen-bond donors (Lipinski definition) is 3. The molecular formula is C27H34N4O4S. The van der Waals surface area contributed by atoms with E-state index in [1.54, 1.807) is 32.9 Å². The number of benzene rings is 2. The Morgan fingerprint density at radius 3 is 2.33 bits per heavy atom. The van der Waals surface area contributed by atoms with Crippen molar-refractivity contribution in [1.29, 1.82) is 5.26 Å². The number of nitrogens with zero attached hydrogens (tertiary/aromatic N) is 2. The number of nitrogens with one attached hydrogen (secondary N) is 2. The van der Waals surface area contributed by atoms with Crippen LogP contribution in [0.5, 0.6) is 0 Å². The quantitative estimate of drug-likeness (QED) is 0.358. The summed E-state index contributed by atoms with van der Waals surface area (Å²) in [5.41, 5.74) is 2.94. The molecule has 2 aromatic rings. The van der Waals surface area contributed by atoms with Gasteiger partial charge in [0.05, 0.1) is 6.07 Å². The van der Waals surface area contributed by atoms with E-state index in [1.165, 1.54) is 4.90 Å². The number of anilines is 1. The van der Waals surface area contributed by atoms with Crippen molar-refractivity contribution in [2.24, 2.45) is 0 Å². The van der Waals surface area contributed by atoms with Crippen molar-refractivity contribution in [1.82, 2.24) is 10.2 Å². The third-order valence-electron chi connectivity index (χ3n) is 5.39. The average molecular weight is 511 g/mol. The molecule has 2 N–H and O–H groups in total. The summed E-state index contributed by atoms with van der Waals surface area (Å²) in [5.74, 6) is -1.15. The molecule has 0 aliphatic rings. The maximum absolute atomic E-state index is 13.7. The molecule has 9 heteroatoms. The predicted octanol–water partition coefficient (Wildman–Crippen LogP) is 4.47. The molecular weight excluding hydrogens is 476 g/mol. The second kappa shape index (κ2) is 12.5. The summed E-state index contributed by atoms with van der Waals surface area (Å²) in [6, 6.07) is 12.6. The van der Waals surface area contributed by atoms with Crippen molar-refractivity contribution in [3.05, 3.63) is 64.7 Å². The van der Waals surface area contributed by atoms with Gasteiger partial charge < -0.3 is 20.3 Å². The summed E-state index contributed by atoms with van der Waals surface area (Å²) in [7, 11) is 0. The van der Waals surface area contributed by atoms with Crippen LogP contribution in [-0.4, -0.2) is 46.7 Å². The number of aryl methyl sites for hydroxylation is 3. The van der Waals surface area contributed by atoms with Crippen molar-refractivity contribution in [2.45, 2.75) is 59.2 Å². The average Bonchev–Trinajstić information content (AvgIpc) is 2.79. The minimum absolute atomic E-state index is 0.0566. The second-order valence-electron chi connectivity index (χ2n) is 9.57. The minimum atomic E-state index is -1.13. The van der Waals surface area contributed by atoms with E-state index in [4.69, 9.17) is 4.74 Å². The molecule has 3 amide bonds.